The van der Waals surface area contributed by atoms with E-state index in [1.54, 1.807) is 7.11 Å². The zero-order valence-corrected chi connectivity index (χ0v) is 16.0. The molecule has 2 aromatic carbocycles. The third-order valence-corrected chi connectivity index (χ3v) is 4.42. The first kappa shape index (κ1) is 19.0. The zero-order valence-electron chi connectivity index (χ0n) is 16.0. The molecule has 0 saturated carbocycles. The van der Waals surface area contributed by atoms with Crippen LogP contribution >= 0.6 is 0 Å². The summed E-state index contributed by atoms with van der Waals surface area (Å²) in [6, 6.07) is 18.1. The van der Waals surface area contributed by atoms with Gasteiger partial charge >= 0.3 is 0 Å². The van der Waals surface area contributed by atoms with E-state index in [4.69, 9.17) is 9.72 Å². The van der Waals surface area contributed by atoms with Crippen molar-refractivity contribution in [3.8, 4) is 11.3 Å². The molecule has 0 aliphatic carbocycles. The van der Waals surface area contributed by atoms with Crippen molar-refractivity contribution in [3.63, 3.8) is 0 Å². The molecule has 0 spiro atoms. The number of carbonyl (C=O) groups excluding carboxylic acids is 1. The Hall–Kier alpha value is -2.76. The fourth-order valence-corrected chi connectivity index (χ4v) is 3.07. The number of anilines is 1. The first-order chi connectivity index (χ1) is 13.1. The summed E-state index contributed by atoms with van der Waals surface area (Å²) in [5.74, 6) is -0.0760. The van der Waals surface area contributed by atoms with Gasteiger partial charge in [0.15, 0.2) is 0 Å². The van der Waals surface area contributed by atoms with Crippen LogP contribution in [0, 0.1) is 0 Å². The van der Waals surface area contributed by atoms with E-state index in [0.29, 0.717) is 6.61 Å². The number of hydrogen-bond acceptors (Lipinski definition) is 4. The molecule has 140 valence electrons. The Balaban J connectivity index is 1.95. The number of likely N-dealkylation sites (N-methyl/N-ethyl adjacent to an activating group) is 1. The lowest BCUT2D eigenvalue weighted by Crippen LogP contribution is -2.22. The van der Waals surface area contributed by atoms with Crippen LogP contribution in [0.1, 0.15) is 12.5 Å². The average Bonchev–Trinajstić information content (AvgIpc) is 2.66. The lowest BCUT2D eigenvalue weighted by atomic mass is 10.0. The van der Waals surface area contributed by atoms with Crippen LogP contribution < -0.4 is 5.32 Å². The SMILES string of the molecule is COCCN(C)Cc1cc(-c2ccc(NC(C)=O)cc2)nc2ccccc12. The van der Waals surface area contributed by atoms with E-state index in [2.05, 4.69) is 29.4 Å². The first-order valence-corrected chi connectivity index (χ1v) is 9.01. The second kappa shape index (κ2) is 8.75. The van der Waals surface area contributed by atoms with Gasteiger partial charge in [0.2, 0.25) is 5.91 Å². The smallest absolute Gasteiger partial charge is 0.221 e. The summed E-state index contributed by atoms with van der Waals surface area (Å²) in [6.45, 7) is 3.90. The molecule has 1 N–H and O–H groups in total. The van der Waals surface area contributed by atoms with Crippen LogP contribution in [-0.2, 0) is 16.1 Å². The first-order valence-electron chi connectivity index (χ1n) is 9.01. The Kier molecular flexibility index (Phi) is 6.16. The lowest BCUT2D eigenvalue weighted by Gasteiger charge is -2.18. The van der Waals surface area contributed by atoms with Gasteiger partial charge in [-0.3, -0.25) is 9.69 Å². The number of amides is 1. The van der Waals surface area contributed by atoms with Gasteiger partial charge < -0.3 is 10.1 Å². The number of benzene rings is 2. The second-order valence-electron chi connectivity index (χ2n) is 6.67. The number of para-hydroxylation sites is 1. The Labute approximate surface area is 160 Å². The Morgan fingerprint density at radius 1 is 1.15 bits per heavy atom. The molecule has 1 aromatic heterocycles. The number of carbonyl (C=O) groups is 1. The van der Waals surface area contributed by atoms with Crippen LogP contribution in [0.5, 0.6) is 0 Å². The fourth-order valence-electron chi connectivity index (χ4n) is 3.07. The summed E-state index contributed by atoms with van der Waals surface area (Å²) >= 11 is 0. The number of aromatic nitrogens is 1. The van der Waals surface area contributed by atoms with Crippen molar-refractivity contribution < 1.29 is 9.53 Å². The third-order valence-electron chi connectivity index (χ3n) is 4.42. The van der Waals surface area contributed by atoms with Gasteiger partial charge in [0.1, 0.15) is 0 Å². The topological polar surface area (TPSA) is 54.5 Å². The van der Waals surface area contributed by atoms with Crippen molar-refractivity contribution in [2.24, 2.45) is 0 Å². The van der Waals surface area contributed by atoms with E-state index in [9.17, 15) is 4.79 Å². The van der Waals surface area contributed by atoms with Gasteiger partial charge in [0.25, 0.3) is 0 Å². The van der Waals surface area contributed by atoms with E-state index in [1.807, 2.05) is 42.5 Å². The van der Waals surface area contributed by atoms with Crippen LogP contribution in [0.15, 0.2) is 54.6 Å². The Morgan fingerprint density at radius 3 is 2.59 bits per heavy atom. The van der Waals surface area contributed by atoms with Crippen LogP contribution in [0.2, 0.25) is 0 Å². The van der Waals surface area contributed by atoms with Crippen LogP contribution in [0.4, 0.5) is 5.69 Å². The van der Waals surface area contributed by atoms with E-state index < -0.39 is 0 Å². The molecular weight excluding hydrogens is 338 g/mol. The molecule has 1 amide bonds. The van der Waals surface area contributed by atoms with Crippen molar-refractivity contribution in [1.29, 1.82) is 0 Å². The number of nitrogens with zero attached hydrogens (tertiary/aromatic N) is 2. The van der Waals surface area contributed by atoms with Gasteiger partial charge in [-0.25, -0.2) is 4.98 Å². The predicted molar refractivity (Wildman–Crippen MR) is 110 cm³/mol. The summed E-state index contributed by atoms with van der Waals surface area (Å²) in [5.41, 5.74) is 4.96. The highest BCUT2D eigenvalue weighted by molar-refractivity contribution is 5.89. The molecule has 3 aromatic rings. The minimum Gasteiger partial charge on any atom is -0.383 e. The highest BCUT2D eigenvalue weighted by Gasteiger charge is 2.10. The summed E-state index contributed by atoms with van der Waals surface area (Å²) in [6.07, 6.45) is 0. The van der Waals surface area contributed by atoms with Gasteiger partial charge in [-0.05, 0) is 36.9 Å². The molecule has 5 heteroatoms. The van der Waals surface area contributed by atoms with Gasteiger partial charge in [-0.2, -0.15) is 0 Å². The quantitative estimate of drug-likeness (QED) is 0.691. The van der Waals surface area contributed by atoms with Gasteiger partial charge in [0.05, 0.1) is 17.8 Å². The Morgan fingerprint density at radius 2 is 1.89 bits per heavy atom. The molecule has 0 aliphatic rings. The third kappa shape index (κ3) is 4.90. The zero-order chi connectivity index (χ0) is 19.2. The average molecular weight is 363 g/mol. The number of rotatable bonds is 7. The number of methoxy groups -OCH3 is 1. The number of pyridine rings is 1. The van der Waals surface area contributed by atoms with Crippen LogP contribution in [0.25, 0.3) is 22.2 Å². The van der Waals surface area contributed by atoms with Crippen molar-refractivity contribution in [2.75, 3.05) is 32.6 Å². The maximum absolute atomic E-state index is 11.2. The number of hydrogen-bond donors (Lipinski definition) is 1. The molecule has 0 atom stereocenters. The monoisotopic (exact) mass is 363 g/mol. The maximum Gasteiger partial charge on any atom is 0.221 e. The van der Waals surface area contributed by atoms with E-state index in [1.165, 1.54) is 17.9 Å². The highest BCUT2D eigenvalue weighted by atomic mass is 16.5. The maximum atomic E-state index is 11.2. The minimum absolute atomic E-state index is 0.0760. The van der Waals surface area contributed by atoms with Crippen LogP contribution in [-0.4, -0.2) is 43.1 Å². The largest absolute Gasteiger partial charge is 0.383 e. The van der Waals surface area contributed by atoms with Crippen molar-refractivity contribution >= 4 is 22.5 Å². The second-order valence-corrected chi connectivity index (χ2v) is 6.67. The van der Waals surface area contributed by atoms with Gasteiger partial charge in [0, 0.05) is 43.8 Å². The fraction of sp³-hybridized carbons (Fsp3) is 0.273. The molecule has 0 bridgehead atoms. The van der Waals surface area contributed by atoms with Gasteiger partial charge in [-0.1, -0.05) is 30.3 Å². The molecule has 27 heavy (non-hydrogen) atoms. The molecule has 0 radical (unpaired) electrons. The Bertz CT molecular complexity index is 922. The summed E-state index contributed by atoms with van der Waals surface area (Å²) in [4.78, 5) is 18.3. The summed E-state index contributed by atoms with van der Waals surface area (Å²) in [7, 11) is 3.81. The van der Waals surface area contributed by atoms with E-state index >= 15 is 0 Å². The molecule has 5 nitrogen and oxygen atoms in total. The summed E-state index contributed by atoms with van der Waals surface area (Å²) < 4.78 is 5.19. The van der Waals surface area contributed by atoms with Crippen molar-refractivity contribution in [1.82, 2.24) is 9.88 Å². The number of fused-ring (bicyclic) bond motifs is 1. The predicted octanol–water partition coefficient (Wildman–Crippen LogP) is 3.94. The van der Waals surface area contributed by atoms with Crippen molar-refractivity contribution in [2.45, 2.75) is 13.5 Å². The molecule has 1 heterocycles. The molecule has 0 aliphatic heterocycles. The molecule has 0 fully saturated rings. The molecule has 0 unspecified atom stereocenters. The lowest BCUT2D eigenvalue weighted by molar-refractivity contribution is -0.114. The number of nitrogens with one attached hydrogen (secondary N) is 1. The summed E-state index contributed by atoms with van der Waals surface area (Å²) in [5, 5.41) is 3.96. The molecule has 3 rings (SSSR count). The number of ether oxygens (including phenoxy) is 1. The molecule has 0 saturated heterocycles. The van der Waals surface area contributed by atoms with E-state index in [-0.39, 0.29) is 5.91 Å². The van der Waals surface area contributed by atoms with Crippen molar-refractivity contribution in [3.05, 3.63) is 60.2 Å². The standard InChI is InChI=1S/C22H25N3O2/c1-16(26)23-19-10-8-17(9-11-19)22-14-18(15-25(2)12-13-27-3)20-6-4-5-7-21(20)24-22/h4-11,14H,12-13,15H2,1-3H3,(H,23,26). The van der Waals surface area contributed by atoms with Crippen LogP contribution in [0.3, 0.4) is 0 Å². The highest BCUT2D eigenvalue weighted by Crippen LogP contribution is 2.26. The normalized spacial score (nSPS) is 11.1. The van der Waals surface area contributed by atoms with Gasteiger partial charge in [-0.15, -0.1) is 0 Å². The molecular formula is C22H25N3O2. The minimum atomic E-state index is -0.0760. The van der Waals surface area contributed by atoms with E-state index in [0.717, 1.165) is 35.6 Å².